The molecule has 23 heavy (non-hydrogen) atoms. The zero-order valence-corrected chi connectivity index (χ0v) is 13.7. The van der Waals surface area contributed by atoms with Crippen molar-refractivity contribution < 1.29 is 4.79 Å². The van der Waals surface area contributed by atoms with Crippen molar-refractivity contribution in [3.8, 4) is 10.6 Å². The second-order valence-electron chi connectivity index (χ2n) is 5.00. The van der Waals surface area contributed by atoms with Crippen molar-refractivity contribution in [1.29, 1.82) is 0 Å². The number of aromatic nitrogens is 1. The van der Waals surface area contributed by atoms with Crippen molar-refractivity contribution in [2.45, 2.75) is 0 Å². The summed E-state index contributed by atoms with van der Waals surface area (Å²) in [6, 6.07) is 17.6. The highest BCUT2D eigenvalue weighted by Gasteiger charge is 2.12. The molecule has 0 unspecified atom stereocenters. The number of amides is 1. The van der Waals surface area contributed by atoms with E-state index < -0.39 is 0 Å². The van der Waals surface area contributed by atoms with Crippen LogP contribution in [-0.2, 0) is 0 Å². The maximum Gasteiger partial charge on any atom is 0.258 e. The average molecular weight is 336 g/mol. The topological polar surface area (TPSA) is 42.0 Å². The number of carbonyl (C=O) groups is 1. The number of thiazole rings is 1. The number of nitrogens with zero attached hydrogens (tertiary/aromatic N) is 1. The molecular formula is C18H12N2OS2. The first-order valence-corrected chi connectivity index (χ1v) is 8.86. The molecule has 0 atom stereocenters. The number of benzene rings is 2. The molecule has 2 heterocycles. The number of anilines is 1. The van der Waals surface area contributed by atoms with Crippen LogP contribution in [0.4, 0.5) is 5.13 Å². The molecular weight excluding hydrogens is 324 g/mol. The van der Waals surface area contributed by atoms with Gasteiger partial charge >= 0.3 is 0 Å². The lowest BCUT2D eigenvalue weighted by Gasteiger charge is -2.05. The van der Waals surface area contributed by atoms with Gasteiger partial charge in [0, 0.05) is 10.9 Å². The van der Waals surface area contributed by atoms with Crippen LogP contribution >= 0.6 is 22.7 Å². The molecule has 0 saturated heterocycles. The summed E-state index contributed by atoms with van der Waals surface area (Å²) in [5.74, 6) is -0.131. The van der Waals surface area contributed by atoms with Crippen LogP contribution in [0.15, 0.2) is 65.4 Å². The minimum atomic E-state index is -0.131. The number of hydrogen-bond donors (Lipinski definition) is 1. The van der Waals surface area contributed by atoms with Gasteiger partial charge in [-0.05, 0) is 28.3 Å². The molecule has 4 rings (SSSR count). The summed E-state index contributed by atoms with van der Waals surface area (Å²) in [5, 5.41) is 9.50. The van der Waals surface area contributed by atoms with Crippen LogP contribution in [0, 0.1) is 0 Å². The molecule has 1 amide bonds. The van der Waals surface area contributed by atoms with E-state index in [1.54, 1.807) is 11.3 Å². The molecule has 0 bridgehead atoms. The molecule has 0 aliphatic carbocycles. The summed E-state index contributed by atoms with van der Waals surface area (Å²) in [6.45, 7) is 0. The Morgan fingerprint density at radius 1 is 0.957 bits per heavy atom. The van der Waals surface area contributed by atoms with Gasteiger partial charge in [0.2, 0.25) is 0 Å². The average Bonchev–Trinajstić information content (AvgIpc) is 3.25. The van der Waals surface area contributed by atoms with Crippen LogP contribution in [0.3, 0.4) is 0 Å². The Hall–Kier alpha value is -2.50. The number of nitrogens with one attached hydrogen (secondary N) is 1. The van der Waals surface area contributed by atoms with Gasteiger partial charge in [-0.3, -0.25) is 10.1 Å². The van der Waals surface area contributed by atoms with Crippen LogP contribution < -0.4 is 5.32 Å². The third-order valence-electron chi connectivity index (χ3n) is 3.53. The van der Waals surface area contributed by atoms with E-state index >= 15 is 0 Å². The molecule has 4 aromatic rings. The predicted molar refractivity (Wildman–Crippen MR) is 97.3 cm³/mol. The fraction of sp³-hybridized carbons (Fsp3) is 0. The molecule has 0 radical (unpaired) electrons. The van der Waals surface area contributed by atoms with Crippen molar-refractivity contribution in [1.82, 2.24) is 4.98 Å². The first-order chi connectivity index (χ1) is 11.3. The monoisotopic (exact) mass is 336 g/mol. The lowest BCUT2D eigenvalue weighted by atomic mass is 10.0. The van der Waals surface area contributed by atoms with E-state index in [0.29, 0.717) is 10.7 Å². The molecule has 5 heteroatoms. The Balaban J connectivity index is 1.62. The molecule has 1 N–H and O–H groups in total. The van der Waals surface area contributed by atoms with Crippen LogP contribution in [0.2, 0.25) is 0 Å². The van der Waals surface area contributed by atoms with Crippen LogP contribution in [0.1, 0.15) is 10.4 Å². The maximum atomic E-state index is 12.6. The van der Waals surface area contributed by atoms with Gasteiger partial charge in [0.25, 0.3) is 5.91 Å². The Morgan fingerprint density at radius 2 is 1.83 bits per heavy atom. The highest BCUT2D eigenvalue weighted by Crippen LogP contribution is 2.29. The Kier molecular flexibility index (Phi) is 3.65. The van der Waals surface area contributed by atoms with Gasteiger partial charge in [-0.2, -0.15) is 0 Å². The zero-order valence-electron chi connectivity index (χ0n) is 12.0. The summed E-state index contributed by atoms with van der Waals surface area (Å²) < 4.78 is 0. The number of fused-ring (bicyclic) bond motifs is 1. The molecule has 0 fully saturated rings. The van der Waals surface area contributed by atoms with E-state index in [4.69, 9.17) is 0 Å². The largest absolute Gasteiger partial charge is 0.298 e. The minimum Gasteiger partial charge on any atom is -0.298 e. The van der Waals surface area contributed by atoms with Crippen LogP contribution in [-0.4, -0.2) is 10.9 Å². The van der Waals surface area contributed by atoms with Crippen molar-refractivity contribution in [3.63, 3.8) is 0 Å². The summed E-state index contributed by atoms with van der Waals surface area (Å²) in [7, 11) is 0. The summed E-state index contributed by atoms with van der Waals surface area (Å²) in [6.07, 6.45) is 0. The number of carbonyl (C=O) groups excluding carboxylic acids is 1. The first-order valence-electron chi connectivity index (χ1n) is 7.10. The summed E-state index contributed by atoms with van der Waals surface area (Å²) >= 11 is 3.08. The molecule has 2 aromatic carbocycles. The zero-order chi connectivity index (χ0) is 15.6. The van der Waals surface area contributed by atoms with Crippen LogP contribution in [0.5, 0.6) is 0 Å². The van der Waals surface area contributed by atoms with E-state index in [9.17, 15) is 4.79 Å². The Bertz CT molecular complexity index is 968. The number of rotatable bonds is 3. The second-order valence-corrected chi connectivity index (χ2v) is 6.80. The molecule has 2 aromatic heterocycles. The Morgan fingerprint density at radius 3 is 2.70 bits per heavy atom. The third-order valence-corrected chi connectivity index (χ3v) is 5.18. The van der Waals surface area contributed by atoms with E-state index in [0.717, 1.165) is 21.3 Å². The van der Waals surface area contributed by atoms with Crippen molar-refractivity contribution in [3.05, 3.63) is 70.9 Å². The van der Waals surface area contributed by atoms with Crippen molar-refractivity contribution in [2.24, 2.45) is 0 Å². The summed E-state index contributed by atoms with van der Waals surface area (Å²) in [4.78, 5) is 18.2. The van der Waals surface area contributed by atoms with Gasteiger partial charge in [0.15, 0.2) is 5.13 Å². The standard InChI is InChI=1S/C18H12N2OS2/c21-17(14-8-3-6-12-5-1-2-7-13(12)14)20-18-19-15(11-23-18)16-9-4-10-22-16/h1-11H,(H,19,20,21). The van der Waals surface area contributed by atoms with Gasteiger partial charge in [-0.25, -0.2) is 4.98 Å². The molecule has 0 saturated carbocycles. The SMILES string of the molecule is O=C(Nc1nc(-c2cccs2)cs1)c1cccc2ccccc12. The molecule has 0 aliphatic heterocycles. The van der Waals surface area contributed by atoms with Gasteiger partial charge in [0.05, 0.1) is 10.6 Å². The number of thiophene rings is 1. The molecule has 0 aliphatic rings. The maximum absolute atomic E-state index is 12.6. The van der Waals surface area contributed by atoms with Crippen molar-refractivity contribution in [2.75, 3.05) is 5.32 Å². The van der Waals surface area contributed by atoms with Gasteiger partial charge in [-0.1, -0.05) is 42.5 Å². The fourth-order valence-electron chi connectivity index (χ4n) is 2.46. The van der Waals surface area contributed by atoms with Gasteiger partial charge < -0.3 is 0 Å². The fourth-order valence-corrected chi connectivity index (χ4v) is 3.92. The van der Waals surface area contributed by atoms with E-state index in [1.165, 1.54) is 11.3 Å². The Labute approximate surface area is 141 Å². The first kappa shape index (κ1) is 14.1. The molecule has 0 spiro atoms. The highest BCUT2D eigenvalue weighted by atomic mass is 32.1. The van der Waals surface area contributed by atoms with E-state index in [2.05, 4.69) is 10.3 Å². The lowest BCUT2D eigenvalue weighted by Crippen LogP contribution is -2.12. The highest BCUT2D eigenvalue weighted by molar-refractivity contribution is 7.16. The van der Waals surface area contributed by atoms with E-state index in [1.807, 2.05) is 65.4 Å². The van der Waals surface area contributed by atoms with E-state index in [-0.39, 0.29) is 5.91 Å². The smallest absolute Gasteiger partial charge is 0.258 e. The van der Waals surface area contributed by atoms with Crippen molar-refractivity contribution >= 4 is 44.5 Å². The minimum absolute atomic E-state index is 0.131. The third kappa shape index (κ3) is 2.76. The predicted octanol–water partition coefficient (Wildman–Crippen LogP) is 5.28. The van der Waals surface area contributed by atoms with Gasteiger partial charge in [0.1, 0.15) is 0 Å². The summed E-state index contributed by atoms with van der Waals surface area (Å²) in [5.41, 5.74) is 1.56. The normalized spacial score (nSPS) is 10.8. The lowest BCUT2D eigenvalue weighted by molar-refractivity contribution is 0.102. The van der Waals surface area contributed by atoms with Gasteiger partial charge in [-0.15, -0.1) is 22.7 Å². The molecule has 112 valence electrons. The second kappa shape index (κ2) is 5.95. The number of hydrogen-bond acceptors (Lipinski definition) is 4. The quantitative estimate of drug-likeness (QED) is 0.553. The van der Waals surface area contributed by atoms with Crippen LogP contribution in [0.25, 0.3) is 21.3 Å². The molecule has 3 nitrogen and oxygen atoms in total.